The van der Waals surface area contributed by atoms with E-state index in [1.165, 1.54) is 6.42 Å². The van der Waals surface area contributed by atoms with Crippen molar-refractivity contribution in [3.8, 4) is 5.75 Å². The Labute approximate surface area is 96.2 Å². The monoisotopic (exact) mass is 221 g/mol. The molecule has 16 heavy (non-hydrogen) atoms. The standard InChI is InChI=1S/C13H19NO2/c1-16-12-10(8-15)4-2-5-11(12)13(9-14)6-3-7-13/h2,4-5,15H,3,6-9,14H2,1H3. The molecule has 3 heteroatoms. The molecule has 0 aromatic heterocycles. The van der Waals surface area contributed by atoms with Gasteiger partial charge in [0.25, 0.3) is 0 Å². The molecule has 0 heterocycles. The third-order valence-electron chi connectivity index (χ3n) is 3.74. The summed E-state index contributed by atoms with van der Waals surface area (Å²) in [6.07, 6.45) is 3.47. The minimum atomic E-state index is 0.0116. The van der Waals surface area contributed by atoms with Crippen molar-refractivity contribution >= 4 is 0 Å². The molecular formula is C13H19NO2. The van der Waals surface area contributed by atoms with E-state index >= 15 is 0 Å². The molecule has 0 unspecified atom stereocenters. The van der Waals surface area contributed by atoms with Crippen molar-refractivity contribution < 1.29 is 9.84 Å². The van der Waals surface area contributed by atoms with Crippen molar-refractivity contribution in [3.63, 3.8) is 0 Å². The number of hydrogen-bond acceptors (Lipinski definition) is 3. The third kappa shape index (κ3) is 1.60. The molecule has 0 radical (unpaired) electrons. The summed E-state index contributed by atoms with van der Waals surface area (Å²) in [6.45, 7) is 0.663. The van der Waals surface area contributed by atoms with Crippen LogP contribution in [0.25, 0.3) is 0 Å². The molecule has 2 rings (SSSR count). The molecule has 0 atom stereocenters. The lowest BCUT2D eigenvalue weighted by atomic mass is 9.64. The van der Waals surface area contributed by atoms with Gasteiger partial charge in [0.2, 0.25) is 0 Å². The van der Waals surface area contributed by atoms with Gasteiger partial charge in [-0.15, -0.1) is 0 Å². The number of aliphatic hydroxyl groups excluding tert-OH is 1. The number of aliphatic hydroxyl groups is 1. The second-order valence-corrected chi connectivity index (χ2v) is 4.49. The highest BCUT2D eigenvalue weighted by molar-refractivity contribution is 5.47. The summed E-state index contributed by atoms with van der Waals surface area (Å²) in [7, 11) is 1.65. The highest BCUT2D eigenvalue weighted by atomic mass is 16.5. The Kier molecular flexibility index (Phi) is 3.17. The fourth-order valence-electron chi connectivity index (χ4n) is 2.55. The molecule has 0 bridgehead atoms. The van der Waals surface area contributed by atoms with E-state index in [-0.39, 0.29) is 12.0 Å². The number of hydrogen-bond donors (Lipinski definition) is 2. The lowest BCUT2D eigenvalue weighted by molar-refractivity contribution is 0.237. The van der Waals surface area contributed by atoms with Gasteiger partial charge in [-0.25, -0.2) is 0 Å². The van der Waals surface area contributed by atoms with Crippen LogP contribution in [0, 0.1) is 0 Å². The molecule has 1 aliphatic rings. The summed E-state index contributed by atoms with van der Waals surface area (Å²) in [6, 6.07) is 5.94. The van der Waals surface area contributed by atoms with Crippen molar-refractivity contribution in [2.45, 2.75) is 31.3 Å². The van der Waals surface area contributed by atoms with E-state index in [9.17, 15) is 5.11 Å². The highest BCUT2D eigenvalue weighted by Gasteiger charge is 2.39. The molecule has 0 amide bonds. The van der Waals surface area contributed by atoms with Crippen LogP contribution in [-0.2, 0) is 12.0 Å². The summed E-state index contributed by atoms with van der Waals surface area (Å²) in [5.74, 6) is 0.815. The minimum Gasteiger partial charge on any atom is -0.496 e. The number of nitrogens with two attached hydrogens (primary N) is 1. The van der Waals surface area contributed by atoms with Gasteiger partial charge >= 0.3 is 0 Å². The molecule has 0 saturated heterocycles. The van der Waals surface area contributed by atoms with Gasteiger partial charge in [0.05, 0.1) is 13.7 Å². The normalized spacial score (nSPS) is 17.9. The van der Waals surface area contributed by atoms with E-state index < -0.39 is 0 Å². The average Bonchev–Trinajstić information content (AvgIpc) is 2.28. The molecule has 3 nitrogen and oxygen atoms in total. The van der Waals surface area contributed by atoms with E-state index in [1.807, 2.05) is 12.1 Å². The van der Waals surface area contributed by atoms with Crippen LogP contribution in [-0.4, -0.2) is 18.8 Å². The van der Waals surface area contributed by atoms with Gasteiger partial charge < -0.3 is 15.6 Å². The summed E-state index contributed by atoms with van der Waals surface area (Å²) in [5, 5.41) is 9.29. The molecule has 1 fully saturated rings. The first kappa shape index (κ1) is 11.4. The number of benzene rings is 1. The van der Waals surface area contributed by atoms with Crippen LogP contribution in [0.2, 0.25) is 0 Å². The maximum Gasteiger partial charge on any atom is 0.128 e. The van der Waals surface area contributed by atoms with Crippen molar-refractivity contribution in [1.82, 2.24) is 0 Å². The van der Waals surface area contributed by atoms with E-state index in [0.29, 0.717) is 6.54 Å². The first-order chi connectivity index (χ1) is 7.77. The van der Waals surface area contributed by atoms with Gasteiger partial charge in [-0.2, -0.15) is 0 Å². The lowest BCUT2D eigenvalue weighted by Crippen LogP contribution is -2.41. The van der Waals surface area contributed by atoms with Gasteiger partial charge in [-0.3, -0.25) is 0 Å². The highest BCUT2D eigenvalue weighted by Crippen LogP contribution is 2.47. The van der Waals surface area contributed by atoms with Crippen LogP contribution < -0.4 is 10.5 Å². The minimum absolute atomic E-state index is 0.0116. The molecule has 0 aliphatic heterocycles. The Hall–Kier alpha value is -1.06. The van der Waals surface area contributed by atoms with E-state index in [1.54, 1.807) is 7.11 Å². The second kappa shape index (κ2) is 4.44. The van der Waals surface area contributed by atoms with Crippen molar-refractivity contribution in [2.24, 2.45) is 5.73 Å². The topological polar surface area (TPSA) is 55.5 Å². The summed E-state index contributed by atoms with van der Waals surface area (Å²) < 4.78 is 5.44. The molecule has 3 N–H and O–H groups in total. The van der Waals surface area contributed by atoms with Crippen LogP contribution in [0.4, 0.5) is 0 Å². The van der Waals surface area contributed by atoms with Gasteiger partial charge in [0, 0.05) is 23.1 Å². The van der Waals surface area contributed by atoms with Crippen LogP contribution in [0.15, 0.2) is 18.2 Å². The zero-order valence-corrected chi connectivity index (χ0v) is 9.70. The van der Waals surface area contributed by atoms with Crippen LogP contribution in [0.3, 0.4) is 0 Å². The maximum atomic E-state index is 9.29. The molecule has 1 aromatic rings. The Bertz CT molecular complexity index is 367. The largest absolute Gasteiger partial charge is 0.496 e. The fourth-order valence-corrected chi connectivity index (χ4v) is 2.55. The quantitative estimate of drug-likeness (QED) is 0.811. The molecule has 1 aliphatic carbocycles. The Morgan fingerprint density at radius 2 is 2.19 bits per heavy atom. The summed E-state index contributed by atoms with van der Waals surface area (Å²) >= 11 is 0. The molecule has 88 valence electrons. The zero-order valence-electron chi connectivity index (χ0n) is 9.70. The molecule has 1 saturated carbocycles. The second-order valence-electron chi connectivity index (χ2n) is 4.49. The molecule has 0 spiro atoms. The lowest BCUT2D eigenvalue weighted by Gasteiger charge is -2.42. The van der Waals surface area contributed by atoms with Gasteiger partial charge in [-0.1, -0.05) is 24.6 Å². The van der Waals surface area contributed by atoms with E-state index in [4.69, 9.17) is 10.5 Å². The van der Waals surface area contributed by atoms with Gasteiger partial charge in [0.1, 0.15) is 5.75 Å². The fraction of sp³-hybridized carbons (Fsp3) is 0.538. The van der Waals surface area contributed by atoms with Gasteiger partial charge in [0.15, 0.2) is 0 Å². The van der Waals surface area contributed by atoms with Crippen LogP contribution in [0.5, 0.6) is 5.75 Å². The number of methoxy groups -OCH3 is 1. The Morgan fingerprint density at radius 3 is 2.62 bits per heavy atom. The first-order valence-corrected chi connectivity index (χ1v) is 5.75. The van der Waals surface area contributed by atoms with E-state index in [0.717, 1.165) is 29.7 Å². The third-order valence-corrected chi connectivity index (χ3v) is 3.74. The molecule has 1 aromatic carbocycles. The SMILES string of the molecule is COc1c(CO)cccc1C1(CN)CCC1. The first-order valence-electron chi connectivity index (χ1n) is 5.75. The Balaban J connectivity index is 2.47. The maximum absolute atomic E-state index is 9.29. The summed E-state index contributed by atoms with van der Waals surface area (Å²) in [5.41, 5.74) is 7.99. The zero-order chi connectivity index (χ0) is 11.6. The number of para-hydroxylation sites is 1. The molecular weight excluding hydrogens is 202 g/mol. The van der Waals surface area contributed by atoms with Crippen molar-refractivity contribution in [1.29, 1.82) is 0 Å². The van der Waals surface area contributed by atoms with Crippen molar-refractivity contribution in [2.75, 3.05) is 13.7 Å². The smallest absolute Gasteiger partial charge is 0.128 e. The van der Waals surface area contributed by atoms with Crippen LogP contribution in [0.1, 0.15) is 30.4 Å². The van der Waals surface area contributed by atoms with Crippen molar-refractivity contribution in [3.05, 3.63) is 29.3 Å². The predicted octanol–water partition coefficient (Wildman–Crippen LogP) is 1.57. The van der Waals surface area contributed by atoms with Gasteiger partial charge in [-0.05, 0) is 12.8 Å². The predicted molar refractivity (Wildman–Crippen MR) is 63.5 cm³/mol. The van der Waals surface area contributed by atoms with E-state index in [2.05, 4.69) is 6.07 Å². The average molecular weight is 221 g/mol. The number of rotatable bonds is 4. The Morgan fingerprint density at radius 1 is 1.44 bits per heavy atom. The number of ether oxygens (including phenoxy) is 1. The van der Waals surface area contributed by atoms with Crippen LogP contribution >= 0.6 is 0 Å². The summed E-state index contributed by atoms with van der Waals surface area (Å²) in [4.78, 5) is 0.